The summed E-state index contributed by atoms with van der Waals surface area (Å²) in [7, 11) is 0. The van der Waals surface area contributed by atoms with Crippen molar-refractivity contribution < 1.29 is 14.3 Å². The molecular formula is C26H27ClN4O5. The highest BCUT2D eigenvalue weighted by molar-refractivity contribution is 6.30. The van der Waals surface area contributed by atoms with E-state index in [9.17, 15) is 14.4 Å². The van der Waals surface area contributed by atoms with Crippen LogP contribution in [-0.4, -0.2) is 31.6 Å². The molecule has 4 aromatic rings. The summed E-state index contributed by atoms with van der Waals surface area (Å²) in [6.07, 6.45) is 1.08. The second-order valence-corrected chi connectivity index (χ2v) is 8.94. The Kier molecular flexibility index (Phi) is 7.71. The first kappa shape index (κ1) is 25.4. The number of Topliss-reactive ketones (excluding diaryl/α,β-unsaturated/α-hetero) is 1. The number of aliphatic hydroxyl groups is 1. The smallest absolute Gasteiger partial charge is 0.355 e. The summed E-state index contributed by atoms with van der Waals surface area (Å²) >= 11 is 6.00. The number of anilines is 2. The lowest BCUT2D eigenvalue weighted by atomic mass is 10.1. The molecule has 0 saturated carbocycles. The third-order valence-electron chi connectivity index (χ3n) is 5.96. The van der Waals surface area contributed by atoms with Crippen molar-refractivity contribution in [3.63, 3.8) is 0 Å². The summed E-state index contributed by atoms with van der Waals surface area (Å²) < 4.78 is 8.00. The zero-order valence-corrected chi connectivity index (χ0v) is 20.8. The van der Waals surface area contributed by atoms with Crippen LogP contribution in [0, 0.1) is 6.92 Å². The molecule has 0 radical (unpaired) electrons. The van der Waals surface area contributed by atoms with E-state index in [0.717, 1.165) is 38.8 Å². The van der Waals surface area contributed by atoms with Crippen molar-refractivity contribution in [2.75, 3.05) is 11.9 Å². The predicted octanol–water partition coefficient (Wildman–Crippen LogP) is 3.81. The van der Waals surface area contributed by atoms with Gasteiger partial charge in [-0.05, 0) is 54.8 Å². The first-order chi connectivity index (χ1) is 17.3. The Labute approximate surface area is 212 Å². The Balaban J connectivity index is 1.76. The molecule has 4 rings (SSSR count). The summed E-state index contributed by atoms with van der Waals surface area (Å²) in [5.74, 6) is 0.611. The lowest BCUT2D eigenvalue weighted by Gasteiger charge is -2.15. The van der Waals surface area contributed by atoms with Crippen molar-refractivity contribution in [1.82, 2.24) is 14.1 Å². The van der Waals surface area contributed by atoms with Gasteiger partial charge in [0.1, 0.15) is 11.3 Å². The maximum absolute atomic E-state index is 13.4. The molecular weight excluding hydrogens is 484 g/mol. The number of nitrogens with zero attached hydrogens (tertiary/aromatic N) is 3. The van der Waals surface area contributed by atoms with Gasteiger partial charge in [0.15, 0.2) is 5.78 Å². The molecule has 2 heterocycles. The van der Waals surface area contributed by atoms with Gasteiger partial charge in [0, 0.05) is 35.5 Å². The Hall–Kier alpha value is -3.69. The number of ketones is 1. The van der Waals surface area contributed by atoms with E-state index in [1.54, 1.807) is 30.3 Å². The molecule has 36 heavy (non-hydrogen) atoms. The van der Waals surface area contributed by atoms with E-state index in [4.69, 9.17) is 21.1 Å². The third kappa shape index (κ3) is 5.42. The fourth-order valence-electron chi connectivity index (χ4n) is 4.02. The van der Waals surface area contributed by atoms with Crippen molar-refractivity contribution in [2.24, 2.45) is 0 Å². The van der Waals surface area contributed by atoms with Crippen LogP contribution in [0.25, 0.3) is 11.0 Å². The van der Waals surface area contributed by atoms with Crippen LogP contribution in [0.1, 0.15) is 36.7 Å². The minimum atomic E-state index is -0.832. The number of aliphatic hydroxyl groups excluding tert-OH is 1. The minimum absolute atomic E-state index is 0.0511. The first-order valence-corrected chi connectivity index (χ1v) is 12.1. The lowest BCUT2D eigenvalue weighted by Crippen LogP contribution is -2.44. The topological polar surface area (TPSA) is 119 Å². The number of halogens is 1. The van der Waals surface area contributed by atoms with E-state index in [-0.39, 0.29) is 37.7 Å². The van der Waals surface area contributed by atoms with E-state index < -0.39 is 17.9 Å². The SMILES string of the molecule is CCc1oc2ccc(Nc3nc(=O)n(CC(=O)CCCO)c(=O)n3Cc3ccc(Cl)cc3)cc2c1C. The highest BCUT2D eigenvalue weighted by Gasteiger charge is 2.17. The van der Waals surface area contributed by atoms with Crippen LogP contribution in [0.2, 0.25) is 5.02 Å². The van der Waals surface area contributed by atoms with Gasteiger partial charge in [-0.3, -0.25) is 9.36 Å². The molecule has 2 aromatic carbocycles. The fraction of sp³-hybridized carbons (Fsp3) is 0.308. The van der Waals surface area contributed by atoms with E-state index in [1.165, 1.54) is 4.57 Å². The Bertz CT molecular complexity index is 1520. The molecule has 2 N–H and O–H groups in total. The molecule has 10 heteroatoms. The number of nitrogens with one attached hydrogen (secondary N) is 1. The van der Waals surface area contributed by atoms with Gasteiger partial charge in [0.25, 0.3) is 0 Å². The van der Waals surface area contributed by atoms with Crippen LogP contribution in [0.4, 0.5) is 11.6 Å². The second-order valence-electron chi connectivity index (χ2n) is 8.50. The van der Waals surface area contributed by atoms with E-state index >= 15 is 0 Å². The van der Waals surface area contributed by atoms with Crippen LogP contribution in [0.3, 0.4) is 0 Å². The summed E-state index contributed by atoms with van der Waals surface area (Å²) in [5.41, 5.74) is 1.66. The number of hydrogen-bond acceptors (Lipinski definition) is 7. The lowest BCUT2D eigenvalue weighted by molar-refractivity contribution is -0.120. The maximum atomic E-state index is 13.4. The number of aromatic nitrogens is 3. The van der Waals surface area contributed by atoms with Gasteiger partial charge in [-0.25, -0.2) is 14.2 Å². The molecule has 9 nitrogen and oxygen atoms in total. The van der Waals surface area contributed by atoms with Crippen molar-refractivity contribution in [2.45, 2.75) is 46.2 Å². The summed E-state index contributed by atoms with van der Waals surface area (Å²) in [6, 6.07) is 12.5. The standard InChI is InChI=1S/C26H27ClN4O5/c1-3-22-16(2)21-13-19(10-11-23(21)36-22)28-24-29-25(34)31(15-20(33)5-4-12-32)26(35)30(24)14-17-6-8-18(27)9-7-17/h6-11,13,32H,3-5,12,14-15H2,1-2H3,(H,28,29,34). The highest BCUT2D eigenvalue weighted by atomic mass is 35.5. The Morgan fingerprint density at radius 2 is 1.89 bits per heavy atom. The third-order valence-corrected chi connectivity index (χ3v) is 6.22. The van der Waals surface area contributed by atoms with Gasteiger partial charge in [0.05, 0.1) is 13.1 Å². The summed E-state index contributed by atoms with van der Waals surface area (Å²) in [5, 5.41) is 13.5. The summed E-state index contributed by atoms with van der Waals surface area (Å²) in [6.45, 7) is 3.54. The average Bonchev–Trinajstić information content (AvgIpc) is 3.19. The normalized spacial score (nSPS) is 11.2. The van der Waals surface area contributed by atoms with Gasteiger partial charge in [-0.15, -0.1) is 0 Å². The molecule has 0 aliphatic heterocycles. The molecule has 0 saturated heterocycles. The number of hydrogen-bond donors (Lipinski definition) is 2. The molecule has 0 spiro atoms. The number of benzene rings is 2. The van der Waals surface area contributed by atoms with Crippen molar-refractivity contribution in [1.29, 1.82) is 0 Å². The van der Waals surface area contributed by atoms with E-state index in [1.807, 2.05) is 26.0 Å². The van der Waals surface area contributed by atoms with Crippen LogP contribution < -0.4 is 16.7 Å². The van der Waals surface area contributed by atoms with E-state index in [0.29, 0.717) is 10.7 Å². The minimum Gasteiger partial charge on any atom is -0.461 e. The molecule has 0 amide bonds. The van der Waals surface area contributed by atoms with Crippen LogP contribution >= 0.6 is 11.6 Å². The number of furan rings is 1. The molecule has 0 aliphatic rings. The monoisotopic (exact) mass is 510 g/mol. The van der Waals surface area contributed by atoms with Gasteiger partial charge >= 0.3 is 11.4 Å². The first-order valence-electron chi connectivity index (χ1n) is 11.7. The molecule has 0 fully saturated rings. The maximum Gasteiger partial charge on any atom is 0.355 e. The number of carbonyl (C=O) groups is 1. The molecule has 0 atom stereocenters. The molecule has 0 unspecified atom stereocenters. The number of fused-ring (bicyclic) bond motifs is 1. The van der Waals surface area contributed by atoms with Crippen LogP contribution in [-0.2, 0) is 24.3 Å². The van der Waals surface area contributed by atoms with Crippen molar-refractivity contribution >= 4 is 40.0 Å². The highest BCUT2D eigenvalue weighted by Crippen LogP contribution is 2.29. The van der Waals surface area contributed by atoms with Gasteiger partial charge < -0.3 is 14.8 Å². The number of rotatable bonds is 10. The number of aryl methyl sites for hydroxylation is 2. The summed E-state index contributed by atoms with van der Waals surface area (Å²) in [4.78, 5) is 42.5. The Morgan fingerprint density at radius 1 is 1.14 bits per heavy atom. The van der Waals surface area contributed by atoms with Gasteiger partial charge in [0.2, 0.25) is 5.95 Å². The largest absolute Gasteiger partial charge is 0.461 e. The fourth-order valence-corrected chi connectivity index (χ4v) is 4.15. The zero-order valence-electron chi connectivity index (χ0n) is 20.1. The molecule has 0 aliphatic carbocycles. The molecule has 188 valence electrons. The molecule has 0 bridgehead atoms. The Morgan fingerprint density at radius 3 is 2.58 bits per heavy atom. The zero-order chi connectivity index (χ0) is 25.8. The van der Waals surface area contributed by atoms with E-state index in [2.05, 4.69) is 10.3 Å². The van der Waals surface area contributed by atoms with Crippen LogP contribution in [0.15, 0.2) is 56.5 Å². The van der Waals surface area contributed by atoms with Crippen molar-refractivity contribution in [3.05, 3.63) is 85.3 Å². The quantitative estimate of drug-likeness (QED) is 0.333. The number of carbonyl (C=O) groups excluding carboxylic acids is 1. The van der Waals surface area contributed by atoms with Crippen LogP contribution in [0.5, 0.6) is 0 Å². The predicted molar refractivity (Wildman–Crippen MR) is 138 cm³/mol. The van der Waals surface area contributed by atoms with Crippen molar-refractivity contribution in [3.8, 4) is 0 Å². The van der Waals surface area contributed by atoms with Gasteiger partial charge in [-0.2, -0.15) is 4.98 Å². The average molecular weight is 511 g/mol. The molecule has 2 aromatic heterocycles. The van der Waals surface area contributed by atoms with Gasteiger partial charge in [-0.1, -0.05) is 30.7 Å². The second kappa shape index (κ2) is 10.9.